The van der Waals surface area contributed by atoms with Crippen LogP contribution in [0.2, 0.25) is 0 Å². The molecule has 100 valence electrons. The molecule has 18 heavy (non-hydrogen) atoms. The highest BCUT2D eigenvalue weighted by Gasteiger charge is 2.11. The Labute approximate surface area is 108 Å². The molecule has 0 aliphatic rings. The summed E-state index contributed by atoms with van der Waals surface area (Å²) in [4.78, 5) is 11.7. The van der Waals surface area contributed by atoms with Gasteiger partial charge in [-0.2, -0.15) is 0 Å². The Bertz CT molecular complexity index is 495. The van der Waals surface area contributed by atoms with E-state index in [-0.39, 0.29) is 16.6 Å². The molecule has 0 bridgehead atoms. The van der Waals surface area contributed by atoms with Crippen molar-refractivity contribution in [1.29, 1.82) is 0 Å². The van der Waals surface area contributed by atoms with Gasteiger partial charge in [0, 0.05) is 18.7 Å². The van der Waals surface area contributed by atoms with Crippen molar-refractivity contribution >= 4 is 21.4 Å². The van der Waals surface area contributed by atoms with Gasteiger partial charge in [-0.05, 0) is 31.3 Å². The van der Waals surface area contributed by atoms with E-state index >= 15 is 0 Å². The molecule has 0 saturated heterocycles. The second-order valence-corrected chi connectivity index (χ2v) is 6.11. The molecule has 0 aromatic heterocycles. The Balaban J connectivity index is 2.69. The number of carbonyl (C=O) groups is 1. The van der Waals surface area contributed by atoms with Crippen LogP contribution in [0, 0.1) is 0 Å². The second kappa shape index (κ2) is 6.51. The molecule has 1 aromatic rings. The summed E-state index contributed by atoms with van der Waals surface area (Å²) in [6.45, 7) is 2.21. The van der Waals surface area contributed by atoms with Crippen LogP contribution in [0.15, 0.2) is 29.2 Å². The van der Waals surface area contributed by atoms with Crippen molar-refractivity contribution in [3.8, 4) is 0 Å². The molecule has 0 saturated carbocycles. The lowest BCUT2D eigenvalue weighted by Crippen LogP contribution is -2.18. The zero-order valence-corrected chi connectivity index (χ0v) is 11.4. The van der Waals surface area contributed by atoms with Crippen LogP contribution in [-0.4, -0.2) is 33.7 Å². The van der Waals surface area contributed by atoms with Crippen LogP contribution in [-0.2, 0) is 14.6 Å². The monoisotopic (exact) mass is 270 g/mol. The normalized spacial score (nSPS) is 11.2. The lowest BCUT2D eigenvalue weighted by Gasteiger charge is -2.06. The zero-order valence-electron chi connectivity index (χ0n) is 10.6. The van der Waals surface area contributed by atoms with Crippen molar-refractivity contribution in [3.05, 3.63) is 24.3 Å². The van der Waals surface area contributed by atoms with Gasteiger partial charge in [0.2, 0.25) is 5.91 Å². The summed E-state index contributed by atoms with van der Waals surface area (Å²) in [5.41, 5.74) is 0.603. The summed E-state index contributed by atoms with van der Waals surface area (Å²) in [6.07, 6.45) is 0.380. The Hall–Kier alpha value is -1.40. The number of carbonyl (C=O) groups excluding carboxylic acids is 1. The number of benzene rings is 1. The van der Waals surface area contributed by atoms with E-state index in [1.54, 1.807) is 26.1 Å². The number of anilines is 1. The van der Waals surface area contributed by atoms with Gasteiger partial charge in [-0.3, -0.25) is 4.79 Å². The molecular formula is C12H18N2O3S. The topological polar surface area (TPSA) is 75.3 Å². The fourth-order valence-electron chi connectivity index (χ4n) is 1.37. The Morgan fingerprint density at radius 3 is 2.33 bits per heavy atom. The van der Waals surface area contributed by atoms with Gasteiger partial charge in [0.25, 0.3) is 0 Å². The molecule has 6 heteroatoms. The van der Waals surface area contributed by atoms with Gasteiger partial charge < -0.3 is 10.6 Å². The van der Waals surface area contributed by atoms with Gasteiger partial charge in [0.05, 0.1) is 10.6 Å². The number of hydrogen-bond donors (Lipinski definition) is 2. The minimum Gasteiger partial charge on any atom is -0.326 e. The molecule has 1 amide bonds. The minimum atomic E-state index is -3.18. The lowest BCUT2D eigenvalue weighted by molar-refractivity contribution is -0.116. The van der Waals surface area contributed by atoms with Gasteiger partial charge in [-0.1, -0.05) is 6.92 Å². The smallest absolute Gasteiger partial charge is 0.225 e. The summed E-state index contributed by atoms with van der Waals surface area (Å²) in [7, 11) is -1.40. The molecule has 0 heterocycles. The predicted molar refractivity (Wildman–Crippen MR) is 71.3 cm³/mol. The highest BCUT2D eigenvalue weighted by atomic mass is 32.2. The SMILES string of the molecule is CCS(=O)(=O)c1ccc(NC(=O)CCNC)cc1. The molecule has 2 N–H and O–H groups in total. The first-order valence-corrected chi connectivity index (χ1v) is 7.42. The van der Waals surface area contributed by atoms with Crippen molar-refractivity contribution in [2.75, 3.05) is 24.7 Å². The van der Waals surface area contributed by atoms with Gasteiger partial charge >= 0.3 is 0 Å². The fraction of sp³-hybridized carbons (Fsp3) is 0.417. The third-order valence-electron chi connectivity index (χ3n) is 2.48. The maximum Gasteiger partial charge on any atom is 0.225 e. The van der Waals surface area contributed by atoms with Crippen molar-refractivity contribution < 1.29 is 13.2 Å². The number of sulfone groups is 1. The quantitative estimate of drug-likeness (QED) is 0.809. The predicted octanol–water partition coefficient (Wildman–Crippen LogP) is 1.03. The molecule has 1 aromatic carbocycles. The molecule has 0 aliphatic heterocycles. The summed E-state index contributed by atoms with van der Waals surface area (Å²) >= 11 is 0. The number of amides is 1. The molecule has 0 radical (unpaired) electrons. The van der Waals surface area contributed by atoms with Crippen molar-refractivity contribution in [2.24, 2.45) is 0 Å². The average molecular weight is 270 g/mol. The minimum absolute atomic E-state index is 0.0703. The van der Waals surface area contributed by atoms with Crippen LogP contribution >= 0.6 is 0 Å². The third-order valence-corrected chi connectivity index (χ3v) is 4.23. The van der Waals surface area contributed by atoms with Gasteiger partial charge in [0.15, 0.2) is 9.84 Å². The molecule has 5 nitrogen and oxygen atoms in total. The summed E-state index contributed by atoms with van der Waals surface area (Å²) in [6, 6.07) is 6.21. The van der Waals surface area contributed by atoms with E-state index in [1.165, 1.54) is 12.1 Å². The average Bonchev–Trinajstić information content (AvgIpc) is 2.37. The van der Waals surface area contributed by atoms with Crippen LogP contribution < -0.4 is 10.6 Å². The van der Waals surface area contributed by atoms with Crippen LogP contribution in [0.3, 0.4) is 0 Å². The number of hydrogen-bond acceptors (Lipinski definition) is 4. The summed E-state index contributed by atoms with van der Waals surface area (Å²) in [5.74, 6) is -0.0311. The molecule has 1 rings (SSSR count). The van der Waals surface area contributed by atoms with Crippen molar-refractivity contribution in [2.45, 2.75) is 18.2 Å². The molecule has 0 fully saturated rings. The maximum atomic E-state index is 11.6. The van der Waals surface area contributed by atoms with E-state index in [1.807, 2.05) is 0 Å². The van der Waals surface area contributed by atoms with Gasteiger partial charge in [-0.15, -0.1) is 0 Å². The highest BCUT2D eigenvalue weighted by molar-refractivity contribution is 7.91. The second-order valence-electron chi connectivity index (χ2n) is 3.83. The van der Waals surface area contributed by atoms with E-state index in [4.69, 9.17) is 0 Å². The van der Waals surface area contributed by atoms with Crippen molar-refractivity contribution in [3.63, 3.8) is 0 Å². The van der Waals surface area contributed by atoms with Crippen LogP contribution in [0.25, 0.3) is 0 Å². The molecule has 0 atom stereocenters. The molecular weight excluding hydrogens is 252 g/mol. The first-order valence-electron chi connectivity index (χ1n) is 5.77. The first-order chi connectivity index (χ1) is 8.49. The first kappa shape index (κ1) is 14.7. The van der Waals surface area contributed by atoms with E-state index in [9.17, 15) is 13.2 Å². The van der Waals surface area contributed by atoms with Crippen LogP contribution in [0.1, 0.15) is 13.3 Å². The fourth-order valence-corrected chi connectivity index (χ4v) is 2.26. The van der Waals surface area contributed by atoms with E-state index in [0.717, 1.165) is 0 Å². The molecule has 0 aliphatic carbocycles. The molecule has 0 spiro atoms. The van der Waals surface area contributed by atoms with E-state index < -0.39 is 9.84 Å². The maximum absolute atomic E-state index is 11.6. The molecule has 0 unspecified atom stereocenters. The summed E-state index contributed by atoms with van der Waals surface area (Å²) in [5, 5.41) is 5.58. The highest BCUT2D eigenvalue weighted by Crippen LogP contribution is 2.15. The third kappa shape index (κ3) is 4.12. The largest absolute Gasteiger partial charge is 0.326 e. The Morgan fingerprint density at radius 2 is 1.83 bits per heavy atom. The van der Waals surface area contributed by atoms with E-state index in [2.05, 4.69) is 10.6 Å². The van der Waals surface area contributed by atoms with Crippen LogP contribution in [0.4, 0.5) is 5.69 Å². The number of rotatable bonds is 6. The van der Waals surface area contributed by atoms with Gasteiger partial charge in [-0.25, -0.2) is 8.42 Å². The standard InChI is InChI=1S/C12H18N2O3S/c1-3-18(16,17)11-6-4-10(5-7-11)14-12(15)8-9-13-2/h4-7,13H,3,8-9H2,1-2H3,(H,14,15). The Morgan fingerprint density at radius 1 is 1.22 bits per heavy atom. The van der Waals surface area contributed by atoms with Gasteiger partial charge in [0.1, 0.15) is 0 Å². The summed E-state index contributed by atoms with van der Waals surface area (Å²) < 4.78 is 23.2. The van der Waals surface area contributed by atoms with Crippen LogP contribution in [0.5, 0.6) is 0 Å². The van der Waals surface area contributed by atoms with E-state index in [0.29, 0.717) is 18.7 Å². The zero-order chi connectivity index (χ0) is 13.6. The van der Waals surface area contributed by atoms with Crippen molar-refractivity contribution in [1.82, 2.24) is 5.32 Å². The number of nitrogens with one attached hydrogen (secondary N) is 2. The lowest BCUT2D eigenvalue weighted by atomic mass is 10.3. The Kier molecular flexibility index (Phi) is 5.30.